The van der Waals surface area contributed by atoms with E-state index in [2.05, 4.69) is 21.2 Å². The Morgan fingerprint density at radius 3 is 2.67 bits per heavy atom. The molecule has 1 heterocycles. The number of benzene rings is 1. The maximum Gasteiger partial charge on any atom is 0.417 e. The van der Waals surface area contributed by atoms with Gasteiger partial charge in [-0.1, -0.05) is 15.9 Å². The first-order chi connectivity index (χ1) is 9.70. The number of hydrogen-bond donors (Lipinski definition) is 1. The lowest BCUT2D eigenvalue weighted by molar-refractivity contribution is -0.138. The Bertz CT molecular complexity index is 548. The topological polar surface area (TPSA) is 32.3 Å². The third kappa shape index (κ3) is 3.58. The summed E-state index contributed by atoms with van der Waals surface area (Å²) in [5, 5.41) is 3.20. The van der Waals surface area contributed by atoms with Crippen LogP contribution in [0.5, 0.6) is 0 Å². The summed E-state index contributed by atoms with van der Waals surface area (Å²) < 4.78 is 39.7. The third-order valence-corrected chi connectivity index (χ3v) is 4.04. The number of amides is 1. The second kappa shape index (κ2) is 5.96. The molecule has 0 aliphatic carbocycles. The Morgan fingerprint density at radius 1 is 1.38 bits per heavy atom. The van der Waals surface area contributed by atoms with Gasteiger partial charge in [0.25, 0.3) is 5.91 Å². The van der Waals surface area contributed by atoms with E-state index in [4.69, 9.17) is 0 Å². The SMILES string of the molecule is CC1CN(C(=O)c2ccc(Br)cc2C(F)(F)F)C(C)CN1. The van der Waals surface area contributed by atoms with Gasteiger partial charge in [0.15, 0.2) is 0 Å². The Hall–Kier alpha value is -1.08. The Labute approximate surface area is 129 Å². The highest BCUT2D eigenvalue weighted by atomic mass is 79.9. The minimum atomic E-state index is -4.56. The summed E-state index contributed by atoms with van der Waals surface area (Å²) >= 11 is 3.02. The van der Waals surface area contributed by atoms with E-state index in [1.165, 1.54) is 17.0 Å². The number of piperazine rings is 1. The van der Waals surface area contributed by atoms with Crippen molar-refractivity contribution in [2.45, 2.75) is 32.1 Å². The van der Waals surface area contributed by atoms with Crippen LogP contribution in [0.3, 0.4) is 0 Å². The van der Waals surface area contributed by atoms with Gasteiger partial charge in [0, 0.05) is 29.6 Å². The maximum absolute atomic E-state index is 13.1. The number of alkyl halides is 3. The lowest BCUT2D eigenvalue weighted by Gasteiger charge is -2.38. The minimum Gasteiger partial charge on any atom is -0.333 e. The largest absolute Gasteiger partial charge is 0.417 e. The van der Waals surface area contributed by atoms with Crippen molar-refractivity contribution in [2.75, 3.05) is 13.1 Å². The predicted octanol–water partition coefficient (Wildman–Crippen LogP) is 3.29. The van der Waals surface area contributed by atoms with Gasteiger partial charge in [0.05, 0.1) is 11.1 Å². The molecule has 3 nitrogen and oxygen atoms in total. The summed E-state index contributed by atoms with van der Waals surface area (Å²) in [6.07, 6.45) is -4.56. The highest BCUT2D eigenvalue weighted by molar-refractivity contribution is 9.10. The predicted molar refractivity (Wildman–Crippen MR) is 77.1 cm³/mol. The summed E-state index contributed by atoms with van der Waals surface area (Å²) in [5.41, 5.74) is -1.20. The van der Waals surface area contributed by atoms with Gasteiger partial charge < -0.3 is 10.2 Å². The number of rotatable bonds is 1. The van der Waals surface area contributed by atoms with Gasteiger partial charge in [-0.2, -0.15) is 13.2 Å². The fraction of sp³-hybridized carbons (Fsp3) is 0.500. The molecular formula is C14H16BrF3N2O. The molecule has 1 saturated heterocycles. The Balaban J connectivity index is 2.39. The van der Waals surface area contributed by atoms with E-state index < -0.39 is 17.6 Å². The first-order valence-corrected chi connectivity index (χ1v) is 7.40. The van der Waals surface area contributed by atoms with E-state index in [1.54, 1.807) is 0 Å². The van der Waals surface area contributed by atoms with Crippen LogP contribution < -0.4 is 5.32 Å². The van der Waals surface area contributed by atoms with E-state index in [0.29, 0.717) is 17.6 Å². The molecule has 1 aliphatic rings. The van der Waals surface area contributed by atoms with Crippen LogP contribution in [0.25, 0.3) is 0 Å². The molecule has 1 aromatic rings. The Kier molecular flexibility index (Phi) is 4.63. The third-order valence-electron chi connectivity index (χ3n) is 3.54. The first-order valence-electron chi connectivity index (χ1n) is 6.61. The monoisotopic (exact) mass is 364 g/mol. The van der Waals surface area contributed by atoms with E-state index in [9.17, 15) is 18.0 Å². The number of halogens is 4. The van der Waals surface area contributed by atoms with E-state index in [0.717, 1.165) is 6.07 Å². The van der Waals surface area contributed by atoms with Crippen molar-refractivity contribution in [3.05, 3.63) is 33.8 Å². The van der Waals surface area contributed by atoms with E-state index in [-0.39, 0.29) is 17.6 Å². The molecule has 2 rings (SSSR count). The van der Waals surface area contributed by atoms with E-state index >= 15 is 0 Å². The van der Waals surface area contributed by atoms with Crippen LogP contribution in [0.15, 0.2) is 22.7 Å². The van der Waals surface area contributed by atoms with Gasteiger partial charge in [0.2, 0.25) is 0 Å². The summed E-state index contributed by atoms with van der Waals surface area (Å²) in [5.74, 6) is -0.573. The zero-order valence-corrected chi connectivity index (χ0v) is 13.3. The number of carbonyl (C=O) groups excluding carboxylic acids is 1. The summed E-state index contributed by atoms with van der Waals surface area (Å²) in [4.78, 5) is 14.0. The van der Waals surface area contributed by atoms with Crippen LogP contribution in [0.1, 0.15) is 29.8 Å². The average molecular weight is 365 g/mol. The van der Waals surface area contributed by atoms with E-state index in [1.807, 2.05) is 13.8 Å². The molecule has 0 spiro atoms. The molecule has 1 amide bonds. The van der Waals surface area contributed by atoms with Crippen LogP contribution in [-0.2, 0) is 6.18 Å². The number of carbonyl (C=O) groups is 1. The molecule has 0 bridgehead atoms. The van der Waals surface area contributed by atoms with Crippen LogP contribution in [0.4, 0.5) is 13.2 Å². The number of nitrogens with one attached hydrogen (secondary N) is 1. The average Bonchev–Trinajstić information content (AvgIpc) is 2.40. The van der Waals surface area contributed by atoms with Gasteiger partial charge in [-0.3, -0.25) is 4.79 Å². The molecule has 0 aromatic heterocycles. The van der Waals surface area contributed by atoms with Gasteiger partial charge in [-0.05, 0) is 32.0 Å². The Morgan fingerprint density at radius 2 is 2.05 bits per heavy atom. The first kappa shape index (κ1) is 16.3. The fourth-order valence-electron chi connectivity index (χ4n) is 2.40. The van der Waals surface area contributed by atoms with Crippen molar-refractivity contribution < 1.29 is 18.0 Å². The second-order valence-electron chi connectivity index (χ2n) is 5.30. The van der Waals surface area contributed by atoms with Crippen molar-refractivity contribution >= 4 is 21.8 Å². The molecule has 116 valence electrons. The van der Waals surface area contributed by atoms with Crippen LogP contribution in [0, 0.1) is 0 Å². The molecule has 1 aliphatic heterocycles. The molecule has 2 atom stereocenters. The molecule has 0 radical (unpaired) electrons. The lowest BCUT2D eigenvalue weighted by Crippen LogP contribution is -2.56. The molecule has 21 heavy (non-hydrogen) atoms. The molecule has 1 fully saturated rings. The maximum atomic E-state index is 13.1. The summed E-state index contributed by atoms with van der Waals surface area (Å²) in [6.45, 7) is 4.69. The summed E-state index contributed by atoms with van der Waals surface area (Å²) in [6, 6.07) is 3.56. The smallest absolute Gasteiger partial charge is 0.333 e. The van der Waals surface area contributed by atoms with Gasteiger partial charge in [-0.25, -0.2) is 0 Å². The van der Waals surface area contributed by atoms with Crippen LogP contribution in [-0.4, -0.2) is 36.0 Å². The van der Waals surface area contributed by atoms with Crippen LogP contribution >= 0.6 is 15.9 Å². The number of nitrogens with zero attached hydrogens (tertiary/aromatic N) is 1. The zero-order valence-electron chi connectivity index (χ0n) is 11.7. The zero-order chi connectivity index (χ0) is 15.8. The van der Waals surface area contributed by atoms with Crippen molar-refractivity contribution in [1.82, 2.24) is 10.2 Å². The standard InChI is InChI=1S/C14H16BrF3N2O/c1-8-7-20(9(2)6-19-8)13(21)11-4-3-10(15)5-12(11)14(16,17)18/h3-5,8-9,19H,6-7H2,1-2H3. The highest BCUT2D eigenvalue weighted by Crippen LogP contribution is 2.34. The minimum absolute atomic E-state index is 0.0648. The van der Waals surface area contributed by atoms with Gasteiger partial charge in [0.1, 0.15) is 0 Å². The van der Waals surface area contributed by atoms with Crippen molar-refractivity contribution in [3.8, 4) is 0 Å². The quantitative estimate of drug-likeness (QED) is 0.829. The second-order valence-corrected chi connectivity index (χ2v) is 6.22. The fourth-order valence-corrected chi connectivity index (χ4v) is 2.76. The molecule has 2 unspecified atom stereocenters. The normalized spacial score (nSPS) is 23.2. The summed E-state index contributed by atoms with van der Waals surface area (Å²) in [7, 11) is 0. The van der Waals surface area contributed by atoms with Crippen molar-refractivity contribution in [3.63, 3.8) is 0 Å². The molecule has 1 N–H and O–H groups in total. The van der Waals surface area contributed by atoms with Crippen LogP contribution in [0.2, 0.25) is 0 Å². The molecule has 7 heteroatoms. The molecule has 1 aromatic carbocycles. The van der Waals surface area contributed by atoms with Gasteiger partial charge >= 0.3 is 6.18 Å². The van der Waals surface area contributed by atoms with Gasteiger partial charge in [-0.15, -0.1) is 0 Å². The highest BCUT2D eigenvalue weighted by Gasteiger charge is 2.37. The number of hydrogen-bond acceptors (Lipinski definition) is 2. The van der Waals surface area contributed by atoms with Crippen molar-refractivity contribution in [2.24, 2.45) is 0 Å². The van der Waals surface area contributed by atoms with Crippen molar-refractivity contribution in [1.29, 1.82) is 0 Å². The molecular weight excluding hydrogens is 349 g/mol. The lowest BCUT2D eigenvalue weighted by atomic mass is 10.0. The molecule has 0 saturated carbocycles.